The third-order valence-corrected chi connectivity index (χ3v) is 3.56. The lowest BCUT2D eigenvalue weighted by Crippen LogP contribution is -2.25. The van der Waals surface area contributed by atoms with Gasteiger partial charge in [0.15, 0.2) is 11.5 Å². The molecule has 4 heteroatoms. The molecule has 19 heavy (non-hydrogen) atoms. The average Bonchev–Trinajstić information content (AvgIpc) is 2.47. The number of ether oxygens (including phenoxy) is 2. The van der Waals surface area contributed by atoms with Crippen molar-refractivity contribution < 1.29 is 14.6 Å². The molecule has 1 aliphatic heterocycles. The van der Waals surface area contributed by atoms with E-state index in [1.807, 2.05) is 18.2 Å². The second-order valence-corrected chi connectivity index (χ2v) is 4.73. The van der Waals surface area contributed by atoms with Gasteiger partial charge in [0.05, 0.1) is 6.10 Å². The summed E-state index contributed by atoms with van der Waals surface area (Å²) >= 11 is 0. The molecule has 0 bridgehead atoms. The van der Waals surface area contributed by atoms with E-state index in [-0.39, 0.29) is 0 Å². The van der Waals surface area contributed by atoms with Crippen molar-refractivity contribution in [2.75, 3.05) is 32.8 Å². The van der Waals surface area contributed by atoms with Gasteiger partial charge >= 0.3 is 0 Å². The summed E-state index contributed by atoms with van der Waals surface area (Å²) in [6, 6.07) is 5.69. The lowest BCUT2D eigenvalue weighted by atomic mass is 10.1. The molecule has 1 atom stereocenters. The van der Waals surface area contributed by atoms with E-state index < -0.39 is 6.10 Å². The Morgan fingerprint density at radius 3 is 2.53 bits per heavy atom. The fourth-order valence-electron chi connectivity index (χ4n) is 2.28. The number of hydrogen-bond acceptors (Lipinski definition) is 4. The molecular weight excluding hydrogens is 242 g/mol. The molecule has 0 radical (unpaired) electrons. The Kier molecular flexibility index (Phi) is 5.05. The summed E-state index contributed by atoms with van der Waals surface area (Å²) in [5.74, 6) is 1.51. The molecule has 0 aliphatic carbocycles. The predicted molar refractivity (Wildman–Crippen MR) is 74.8 cm³/mol. The Bertz CT molecular complexity index is 404. The van der Waals surface area contributed by atoms with Crippen LogP contribution < -0.4 is 9.47 Å². The van der Waals surface area contributed by atoms with Gasteiger partial charge in [-0.25, -0.2) is 0 Å². The van der Waals surface area contributed by atoms with Crippen LogP contribution >= 0.6 is 0 Å². The SMILES string of the molecule is CCN(CC)CCC(O)c1ccc2c(c1)OCCO2. The van der Waals surface area contributed by atoms with E-state index in [9.17, 15) is 5.11 Å². The standard InChI is InChI=1S/C15H23NO3/c1-3-16(4-2)8-7-13(17)12-5-6-14-15(11-12)19-10-9-18-14/h5-6,11,13,17H,3-4,7-10H2,1-2H3. The summed E-state index contributed by atoms with van der Waals surface area (Å²) in [6.07, 6.45) is 0.290. The van der Waals surface area contributed by atoms with Gasteiger partial charge in [0, 0.05) is 6.54 Å². The van der Waals surface area contributed by atoms with Crippen LogP contribution in [0.5, 0.6) is 11.5 Å². The van der Waals surface area contributed by atoms with Crippen molar-refractivity contribution in [3.8, 4) is 11.5 Å². The molecule has 0 spiro atoms. The summed E-state index contributed by atoms with van der Waals surface area (Å²) in [5.41, 5.74) is 0.899. The van der Waals surface area contributed by atoms with Crippen molar-refractivity contribution in [1.29, 1.82) is 0 Å². The number of hydrogen-bond donors (Lipinski definition) is 1. The van der Waals surface area contributed by atoms with Crippen LogP contribution in [0, 0.1) is 0 Å². The quantitative estimate of drug-likeness (QED) is 0.856. The molecule has 0 aromatic heterocycles. The minimum Gasteiger partial charge on any atom is -0.486 e. The van der Waals surface area contributed by atoms with Crippen LogP contribution in [0.15, 0.2) is 18.2 Å². The number of nitrogens with zero attached hydrogens (tertiary/aromatic N) is 1. The van der Waals surface area contributed by atoms with Gasteiger partial charge < -0.3 is 19.5 Å². The maximum Gasteiger partial charge on any atom is 0.161 e. The molecule has 1 N–H and O–H groups in total. The number of benzene rings is 1. The van der Waals surface area contributed by atoms with Crippen molar-refractivity contribution in [2.24, 2.45) is 0 Å². The maximum atomic E-state index is 10.2. The van der Waals surface area contributed by atoms with Gasteiger partial charge in [-0.3, -0.25) is 0 Å². The van der Waals surface area contributed by atoms with Crippen LogP contribution in [0.1, 0.15) is 31.9 Å². The highest BCUT2D eigenvalue weighted by Gasteiger charge is 2.15. The van der Waals surface area contributed by atoms with Gasteiger partial charge in [-0.15, -0.1) is 0 Å². The van der Waals surface area contributed by atoms with Gasteiger partial charge in [0.1, 0.15) is 13.2 Å². The Morgan fingerprint density at radius 1 is 1.16 bits per heavy atom. The molecule has 1 aromatic carbocycles. The smallest absolute Gasteiger partial charge is 0.161 e. The number of aliphatic hydroxyl groups is 1. The molecular formula is C15H23NO3. The van der Waals surface area contributed by atoms with E-state index >= 15 is 0 Å². The molecule has 106 valence electrons. The second-order valence-electron chi connectivity index (χ2n) is 4.73. The molecule has 1 aliphatic rings. The van der Waals surface area contributed by atoms with Crippen molar-refractivity contribution in [1.82, 2.24) is 4.90 Å². The lowest BCUT2D eigenvalue weighted by molar-refractivity contribution is 0.142. The summed E-state index contributed by atoms with van der Waals surface area (Å²) in [4.78, 5) is 2.31. The molecule has 0 saturated carbocycles. The van der Waals surface area contributed by atoms with Gasteiger partial charge in [-0.1, -0.05) is 19.9 Å². The Hall–Kier alpha value is -1.26. The first-order chi connectivity index (χ1) is 9.24. The molecule has 2 rings (SSSR count). The third kappa shape index (κ3) is 3.61. The van der Waals surface area contributed by atoms with E-state index in [1.165, 1.54) is 0 Å². The monoisotopic (exact) mass is 265 g/mol. The number of fused-ring (bicyclic) bond motifs is 1. The molecule has 1 aromatic rings. The minimum atomic E-state index is -0.448. The predicted octanol–water partition coefficient (Wildman–Crippen LogP) is 2.22. The van der Waals surface area contributed by atoms with Crippen molar-refractivity contribution in [3.05, 3.63) is 23.8 Å². The van der Waals surface area contributed by atoms with Crippen LogP contribution in [-0.2, 0) is 0 Å². The molecule has 0 saturated heterocycles. The van der Waals surface area contributed by atoms with Gasteiger partial charge in [-0.05, 0) is 37.2 Å². The van der Waals surface area contributed by atoms with E-state index in [1.54, 1.807) is 0 Å². The normalized spacial score (nSPS) is 15.6. The third-order valence-electron chi connectivity index (χ3n) is 3.56. The highest BCUT2D eigenvalue weighted by atomic mass is 16.6. The fourth-order valence-corrected chi connectivity index (χ4v) is 2.28. The first kappa shape index (κ1) is 14.2. The zero-order valence-electron chi connectivity index (χ0n) is 11.8. The zero-order chi connectivity index (χ0) is 13.7. The van der Waals surface area contributed by atoms with E-state index in [4.69, 9.17) is 9.47 Å². The van der Waals surface area contributed by atoms with Gasteiger partial charge in [0.2, 0.25) is 0 Å². The molecule has 0 amide bonds. The largest absolute Gasteiger partial charge is 0.486 e. The maximum absolute atomic E-state index is 10.2. The van der Waals surface area contributed by atoms with Crippen LogP contribution in [0.4, 0.5) is 0 Å². The first-order valence-corrected chi connectivity index (χ1v) is 7.04. The summed E-state index contributed by atoms with van der Waals surface area (Å²) < 4.78 is 11.0. The van der Waals surface area contributed by atoms with Crippen LogP contribution in [-0.4, -0.2) is 42.9 Å². The first-order valence-electron chi connectivity index (χ1n) is 7.04. The van der Waals surface area contributed by atoms with Crippen molar-refractivity contribution in [3.63, 3.8) is 0 Å². The van der Waals surface area contributed by atoms with Gasteiger partial charge in [0.25, 0.3) is 0 Å². The Morgan fingerprint density at radius 2 is 1.84 bits per heavy atom. The van der Waals surface area contributed by atoms with Crippen LogP contribution in [0.25, 0.3) is 0 Å². The lowest BCUT2D eigenvalue weighted by Gasteiger charge is -2.22. The topological polar surface area (TPSA) is 41.9 Å². The second kappa shape index (κ2) is 6.78. The molecule has 0 fully saturated rings. The molecule has 1 unspecified atom stereocenters. The minimum absolute atomic E-state index is 0.448. The van der Waals surface area contributed by atoms with E-state index in [0.29, 0.717) is 13.2 Å². The number of aliphatic hydroxyl groups excluding tert-OH is 1. The van der Waals surface area contributed by atoms with Crippen LogP contribution in [0.2, 0.25) is 0 Å². The highest BCUT2D eigenvalue weighted by molar-refractivity contribution is 5.44. The van der Waals surface area contributed by atoms with E-state index in [2.05, 4.69) is 18.7 Å². The summed E-state index contributed by atoms with van der Waals surface area (Å²) in [6.45, 7) is 8.39. The summed E-state index contributed by atoms with van der Waals surface area (Å²) in [5, 5.41) is 10.2. The summed E-state index contributed by atoms with van der Waals surface area (Å²) in [7, 11) is 0. The van der Waals surface area contributed by atoms with Crippen LogP contribution in [0.3, 0.4) is 0 Å². The zero-order valence-corrected chi connectivity index (χ0v) is 11.8. The van der Waals surface area contributed by atoms with E-state index in [0.717, 1.165) is 43.1 Å². The Balaban J connectivity index is 1.97. The van der Waals surface area contributed by atoms with Crippen molar-refractivity contribution >= 4 is 0 Å². The van der Waals surface area contributed by atoms with Crippen molar-refractivity contribution in [2.45, 2.75) is 26.4 Å². The fraction of sp³-hybridized carbons (Fsp3) is 0.600. The average molecular weight is 265 g/mol. The number of rotatable bonds is 6. The molecule has 4 nitrogen and oxygen atoms in total. The van der Waals surface area contributed by atoms with Gasteiger partial charge in [-0.2, -0.15) is 0 Å². The highest BCUT2D eigenvalue weighted by Crippen LogP contribution is 2.33. The Labute approximate surface area is 114 Å². The molecule has 1 heterocycles.